The SMILES string of the molecule is CCOc1cc(C)c(-c2nc3ccccc3c(=O)n2N=Cc2ccc(-c3cc(C(=O)O)ccc3Cl)o2)cc1C(C)C. The van der Waals surface area contributed by atoms with E-state index < -0.39 is 5.97 Å². The van der Waals surface area contributed by atoms with Gasteiger partial charge >= 0.3 is 5.97 Å². The molecular weight excluding hydrogens is 542 g/mol. The molecule has 0 bridgehead atoms. The molecule has 5 aromatic rings. The first-order chi connectivity index (χ1) is 19.7. The first-order valence-electron chi connectivity index (χ1n) is 13.1. The summed E-state index contributed by atoms with van der Waals surface area (Å²) in [5.74, 6) is 0.999. The fraction of sp³-hybridized carbons (Fsp3) is 0.188. The lowest BCUT2D eigenvalue weighted by Crippen LogP contribution is -2.20. The van der Waals surface area contributed by atoms with Gasteiger partial charge in [-0.2, -0.15) is 9.78 Å². The van der Waals surface area contributed by atoms with Crippen LogP contribution >= 0.6 is 11.6 Å². The smallest absolute Gasteiger partial charge is 0.335 e. The Bertz CT molecular complexity index is 1870. The molecule has 8 nitrogen and oxygen atoms in total. The third-order valence-electron chi connectivity index (χ3n) is 6.68. The van der Waals surface area contributed by atoms with Crippen LogP contribution in [0.2, 0.25) is 5.02 Å². The highest BCUT2D eigenvalue weighted by atomic mass is 35.5. The minimum Gasteiger partial charge on any atom is -0.494 e. The van der Waals surface area contributed by atoms with Gasteiger partial charge in [0, 0.05) is 11.1 Å². The summed E-state index contributed by atoms with van der Waals surface area (Å²) in [6.45, 7) is 8.61. The van der Waals surface area contributed by atoms with E-state index >= 15 is 0 Å². The summed E-state index contributed by atoms with van der Waals surface area (Å²) in [6.07, 6.45) is 1.42. The normalized spacial score (nSPS) is 11.6. The first-order valence-corrected chi connectivity index (χ1v) is 13.5. The molecule has 3 aromatic carbocycles. The van der Waals surface area contributed by atoms with Gasteiger partial charge in [0.2, 0.25) is 0 Å². The summed E-state index contributed by atoms with van der Waals surface area (Å²) in [5.41, 5.74) is 3.40. The lowest BCUT2D eigenvalue weighted by molar-refractivity contribution is 0.0697. The summed E-state index contributed by atoms with van der Waals surface area (Å²) in [7, 11) is 0. The number of rotatable bonds is 8. The molecule has 0 spiro atoms. The van der Waals surface area contributed by atoms with Crippen molar-refractivity contribution in [3.05, 3.63) is 105 Å². The molecule has 0 unspecified atom stereocenters. The molecule has 0 saturated heterocycles. The maximum Gasteiger partial charge on any atom is 0.335 e. The predicted molar refractivity (Wildman–Crippen MR) is 161 cm³/mol. The van der Waals surface area contributed by atoms with Crippen LogP contribution in [-0.2, 0) is 0 Å². The number of hydrogen-bond acceptors (Lipinski definition) is 6. The zero-order chi connectivity index (χ0) is 29.3. The number of benzene rings is 3. The number of hydrogen-bond donors (Lipinski definition) is 1. The molecule has 0 radical (unpaired) electrons. The molecule has 0 aliphatic heterocycles. The van der Waals surface area contributed by atoms with Crippen molar-refractivity contribution in [1.29, 1.82) is 0 Å². The summed E-state index contributed by atoms with van der Waals surface area (Å²) >= 11 is 6.31. The number of halogens is 1. The first kappa shape index (κ1) is 27.9. The molecule has 5 rings (SSSR count). The molecule has 208 valence electrons. The molecule has 2 heterocycles. The minimum atomic E-state index is -1.07. The highest BCUT2D eigenvalue weighted by Gasteiger charge is 2.19. The Hall–Kier alpha value is -4.69. The lowest BCUT2D eigenvalue weighted by Gasteiger charge is -2.18. The fourth-order valence-electron chi connectivity index (χ4n) is 4.60. The third kappa shape index (κ3) is 5.51. The van der Waals surface area contributed by atoms with Crippen LogP contribution in [0.25, 0.3) is 33.6 Å². The molecule has 2 aromatic heterocycles. The second-order valence-corrected chi connectivity index (χ2v) is 10.2. The van der Waals surface area contributed by atoms with E-state index in [4.69, 9.17) is 25.7 Å². The molecule has 41 heavy (non-hydrogen) atoms. The zero-order valence-electron chi connectivity index (χ0n) is 23.0. The number of aryl methyl sites for hydroxylation is 1. The molecule has 0 fully saturated rings. The summed E-state index contributed by atoms with van der Waals surface area (Å²) in [5, 5.41) is 14.6. The number of carbonyl (C=O) groups is 1. The standard InChI is InChI=1S/C32H28ClN3O5/c1-5-40-29-14-19(4)24(16-23(29)18(2)3)30-35-27-9-7-6-8-22(27)31(37)36(30)34-17-21-11-13-28(41-21)25-15-20(32(38)39)10-12-26(25)33/h6-18H,5H2,1-4H3,(H,38,39). The van der Waals surface area contributed by atoms with Crippen LogP contribution in [0.1, 0.15) is 53.9 Å². The van der Waals surface area contributed by atoms with Crippen molar-refractivity contribution in [2.24, 2.45) is 5.10 Å². The Morgan fingerprint density at radius 1 is 1.12 bits per heavy atom. The van der Waals surface area contributed by atoms with Crippen LogP contribution in [0.4, 0.5) is 0 Å². The van der Waals surface area contributed by atoms with Crippen LogP contribution in [0.5, 0.6) is 5.75 Å². The average molecular weight is 570 g/mol. The molecule has 0 amide bonds. The molecule has 0 saturated carbocycles. The van der Waals surface area contributed by atoms with Crippen LogP contribution in [0.15, 0.2) is 81.0 Å². The topological polar surface area (TPSA) is 107 Å². The highest BCUT2D eigenvalue weighted by molar-refractivity contribution is 6.33. The largest absolute Gasteiger partial charge is 0.494 e. The quantitative estimate of drug-likeness (QED) is 0.195. The van der Waals surface area contributed by atoms with Crippen LogP contribution in [0, 0.1) is 6.92 Å². The number of aromatic nitrogens is 2. The Balaban J connectivity index is 1.64. The fourth-order valence-corrected chi connectivity index (χ4v) is 4.82. The Morgan fingerprint density at radius 3 is 2.63 bits per heavy atom. The third-order valence-corrected chi connectivity index (χ3v) is 7.01. The number of aromatic carboxylic acids is 1. The highest BCUT2D eigenvalue weighted by Crippen LogP contribution is 2.34. The monoisotopic (exact) mass is 569 g/mol. The number of para-hydroxylation sites is 1. The van der Waals surface area contributed by atoms with E-state index in [0.717, 1.165) is 22.4 Å². The van der Waals surface area contributed by atoms with Gasteiger partial charge in [-0.05, 0) is 85.5 Å². The van der Waals surface area contributed by atoms with E-state index in [-0.39, 0.29) is 17.0 Å². The second kappa shape index (κ2) is 11.4. The van der Waals surface area contributed by atoms with Gasteiger partial charge in [-0.3, -0.25) is 4.79 Å². The van der Waals surface area contributed by atoms with Crippen molar-refractivity contribution < 1.29 is 19.1 Å². The van der Waals surface area contributed by atoms with E-state index in [0.29, 0.717) is 45.4 Å². The summed E-state index contributed by atoms with van der Waals surface area (Å²) < 4.78 is 13.1. The zero-order valence-corrected chi connectivity index (χ0v) is 23.8. The number of carboxylic acids is 1. The van der Waals surface area contributed by atoms with Crippen LogP contribution in [-0.4, -0.2) is 33.6 Å². The van der Waals surface area contributed by atoms with Gasteiger partial charge in [-0.15, -0.1) is 0 Å². The molecule has 0 atom stereocenters. The second-order valence-electron chi connectivity index (χ2n) is 9.81. The number of carboxylic acid groups (broad SMARTS) is 1. The van der Waals surface area contributed by atoms with E-state index in [1.54, 1.807) is 30.3 Å². The lowest BCUT2D eigenvalue weighted by atomic mass is 9.96. The van der Waals surface area contributed by atoms with Crippen LogP contribution < -0.4 is 10.3 Å². The van der Waals surface area contributed by atoms with Gasteiger partial charge in [0.05, 0.1) is 34.3 Å². The Morgan fingerprint density at radius 2 is 1.90 bits per heavy atom. The van der Waals surface area contributed by atoms with Crippen molar-refractivity contribution in [2.75, 3.05) is 6.61 Å². The van der Waals surface area contributed by atoms with Crippen molar-refractivity contribution in [2.45, 2.75) is 33.6 Å². The number of fused-ring (bicyclic) bond motifs is 1. The van der Waals surface area contributed by atoms with E-state index in [9.17, 15) is 14.7 Å². The van der Waals surface area contributed by atoms with Gasteiger partial charge in [0.1, 0.15) is 17.3 Å². The average Bonchev–Trinajstić information content (AvgIpc) is 3.41. The number of nitrogens with zero attached hydrogens (tertiary/aromatic N) is 3. The number of ether oxygens (including phenoxy) is 1. The van der Waals surface area contributed by atoms with Gasteiger partial charge in [-0.1, -0.05) is 37.6 Å². The van der Waals surface area contributed by atoms with Gasteiger partial charge < -0.3 is 14.3 Å². The molecule has 0 aliphatic carbocycles. The summed E-state index contributed by atoms with van der Waals surface area (Å²) in [6, 6.07) is 18.8. The van der Waals surface area contributed by atoms with Crippen molar-refractivity contribution in [3.8, 4) is 28.5 Å². The van der Waals surface area contributed by atoms with Crippen LogP contribution in [0.3, 0.4) is 0 Å². The molecule has 0 aliphatic rings. The van der Waals surface area contributed by atoms with E-state index in [2.05, 4.69) is 18.9 Å². The maximum absolute atomic E-state index is 13.7. The molecular formula is C32H28ClN3O5. The van der Waals surface area contributed by atoms with Crippen molar-refractivity contribution >= 4 is 34.7 Å². The minimum absolute atomic E-state index is 0.0842. The number of furan rings is 1. The summed E-state index contributed by atoms with van der Waals surface area (Å²) in [4.78, 5) is 30.0. The van der Waals surface area contributed by atoms with E-state index in [1.165, 1.54) is 29.1 Å². The van der Waals surface area contributed by atoms with E-state index in [1.807, 2.05) is 32.0 Å². The van der Waals surface area contributed by atoms with Gasteiger partial charge in [0.25, 0.3) is 5.56 Å². The van der Waals surface area contributed by atoms with Gasteiger partial charge in [-0.25, -0.2) is 9.78 Å². The van der Waals surface area contributed by atoms with Crippen molar-refractivity contribution in [3.63, 3.8) is 0 Å². The Kier molecular flexibility index (Phi) is 7.77. The maximum atomic E-state index is 13.7. The van der Waals surface area contributed by atoms with Crippen molar-refractivity contribution in [1.82, 2.24) is 9.66 Å². The molecule has 9 heteroatoms. The molecule has 1 N–H and O–H groups in total. The van der Waals surface area contributed by atoms with Gasteiger partial charge in [0.15, 0.2) is 5.82 Å². The predicted octanol–water partition coefficient (Wildman–Crippen LogP) is 7.39. The Labute approximate surface area is 241 Å².